The second-order valence-corrected chi connectivity index (χ2v) is 4.63. The molecule has 0 aliphatic heterocycles. The van der Waals surface area contributed by atoms with Crippen molar-refractivity contribution in [2.24, 2.45) is 11.7 Å². The van der Waals surface area contributed by atoms with Crippen molar-refractivity contribution in [3.8, 4) is 0 Å². The zero-order chi connectivity index (χ0) is 9.68. The Kier molecular flexibility index (Phi) is 4.39. The average molecular weight is 198 g/mol. The molecule has 0 bridgehead atoms. The van der Waals surface area contributed by atoms with Crippen LogP contribution in [0, 0.1) is 5.92 Å². The lowest BCUT2D eigenvalue weighted by atomic mass is 10.0. The van der Waals surface area contributed by atoms with Crippen molar-refractivity contribution in [2.75, 3.05) is 0 Å². The third kappa shape index (κ3) is 4.39. The van der Waals surface area contributed by atoms with Crippen molar-refractivity contribution in [2.45, 2.75) is 39.2 Å². The van der Waals surface area contributed by atoms with Gasteiger partial charge in [-0.15, -0.1) is 11.3 Å². The van der Waals surface area contributed by atoms with E-state index in [1.165, 1.54) is 5.69 Å². The first-order chi connectivity index (χ1) is 6.18. The van der Waals surface area contributed by atoms with Crippen LogP contribution in [0.5, 0.6) is 0 Å². The molecule has 3 heteroatoms. The van der Waals surface area contributed by atoms with E-state index in [9.17, 15) is 0 Å². The molecule has 1 aromatic rings. The van der Waals surface area contributed by atoms with Gasteiger partial charge in [0.2, 0.25) is 0 Å². The quantitative estimate of drug-likeness (QED) is 0.789. The highest BCUT2D eigenvalue weighted by molar-refractivity contribution is 7.07. The molecule has 2 nitrogen and oxygen atoms in total. The monoisotopic (exact) mass is 198 g/mol. The summed E-state index contributed by atoms with van der Waals surface area (Å²) in [4.78, 5) is 4.23. The van der Waals surface area contributed by atoms with Crippen molar-refractivity contribution in [1.82, 2.24) is 4.98 Å². The average Bonchev–Trinajstić information content (AvgIpc) is 2.51. The van der Waals surface area contributed by atoms with Crippen LogP contribution >= 0.6 is 11.3 Å². The highest BCUT2D eigenvalue weighted by Gasteiger charge is 2.06. The van der Waals surface area contributed by atoms with Crippen LogP contribution in [0.15, 0.2) is 10.9 Å². The number of hydrogen-bond donors (Lipinski definition) is 1. The third-order valence-corrected chi connectivity index (χ3v) is 2.66. The minimum absolute atomic E-state index is 0.335. The zero-order valence-electron chi connectivity index (χ0n) is 8.36. The van der Waals surface area contributed by atoms with Gasteiger partial charge < -0.3 is 5.73 Å². The predicted molar refractivity (Wildman–Crippen MR) is 57.9 cm³/mol. The highest BCUT2D eigenvalue weighted by atomic mass is 32.1. The van der Waals surface area contributed by atoms with Gasteiger partial charge in [-0.05, 0) is 25.2 Å². The van der Waals surface area contributed by atoms with Crippen LogP contribution < -0.4 is 5.73 Å². The molecule has 0 spiro atoms. The van der Waals surface area contributed by atoms with E-state index in [0.29, 0.717) is 12.0 Å². The van der Waals surface area contributed by atoms with E-state index in [-0.39, 0.29) is 0 Å². The minimum Gasteiger partial charge on any atom is -0.328 e. The number of thiazole rings is 1. The molecule has 0 fully saturated rings. The van der Waals surface area contributed by atoms with Gasteiger partial charge in [0.15, 0.2) is 0 Å². The largest absolute Gasteiger partial charge is 0.328 e. The van der Waals surface area contributed by atoms with Crippen LogP contribution in [0.4, 0.5) is 0 Å². The molecule has 2 N–H and O–H groups in total. The van der Waals surface area contributed by atoms with Crippen LogP contribution in [-0.2, 0) is 6.42 Å². The number of aromatic nitrogens is 1. The van der Waals surface area contributed by atoms with Crippen LogP contribution in [0.25, 0.3) is 0 Å². The lowest BCUT2D eigenvalue weighted by molar-refractivity contribution is 0.472. The Morgan fingerprint density at radius 1 is 1.54 bits per heavy atom. The summed E-state index contributed by atoms with van der Waals surface area (Å²) >= 11 is 1.65. The summed E-state index contributed by atoms with van der Waals surface area (Å²) in [5.74, 6) is 0.699. The minimum atomic E-state index is 0.335. The fraction of sp³-hybridized carbons (Fsp3) is 0.700. The maximum absolute atomic E-state index is 5.97. The number of rotatable bonds is 5. The van der Waals surface area contributed by atoms with Gasteiger partial charge in [-0.1, -0.05) is 13.8 Å². The van der Waals surface area contributed by atoms with Gasteiger partial charge in [-0.2, -0.15) is 0 Å². The fourth-order valence-corrected chi connectivity index (χ4v) is 2.01. The molecule has 0 amide bonds. The molecule has 1 unspecified atom stereocenters. The molecule has 1 aromatic heterocycles. The standard InChI is InChI=1S/C10H18N2S/c1-8(2)5-9(11)3-4-10-6-13-7-12-10/h6-9H,3-5,11H2,1-2H3. The van der Waals surface area contributed by atoms with E-state index >= 15 is 0 Å². The molecule has 0 aromatic carbocycles. The summed E-state index contributed by atoms with van der Waals surface area (Å²) in [6.45, 7) is 4.42. The third-order valence-electron chi connectivity index (χ3n) is 2.03. The van der Waals surface area contributed by atoms with Gasteiger partial charge in [-0.3, -0.25) is 0 Å². The number of hydrogen-bond acceptors (Lipinski definition) is 3. The summed E-state index contributed by atoms with van der Waals surface area (Å²) in [5.41, 5.74) is 9.03. The van der Waals surface area contributed by atoms with Crippen LogP contribution in [0.2, 0.25) is 0 Å². The topological polar surface area (TPSA) is 38.9 Å². The smallest absolute Gasteiger partial charge is 0.0794 e. The first-order valence-electron chi connectivity index (χ1n) is 4.81. The van der Waals surface area contributed by atoms with Crippen molar-refractivity contribution in [1.29, 1.82) is 0 Å². The second kappa shape index (κ2) is 5.35. The van der Waals surface area contributed by atoms with Crippen molar-refractivity contribution in [3.05, 3.63) is 16.6 Å². The van der Waals surface area contributed by atoms with E-state index in [1.807, 2.05) is 5.51 Å². The maximum atomic E-state index is 5.97. The van der Waals surface area contributed by atoms with E-state index in [2.05, 4.69) is 24.2 Å². The molecule has 1 rings (SSSR count). The maximum Gasteiger partial charge on any atom is 0.0794 e. The Morgan fingerprint density at radius 3 is 2.85 bits per heavy atom. The number of aryl methyl sites for hydroxylation is 1. The Hall–Kier alpha value is -0.410. The molecule has 13 heavy (non-hydrogen) atoms. The van der Waals surface area contributed by atoms with Crippen LogP contribution in [0.1, 0.15) is 32.4 Å². The summed E-state index contributed by atoms with van der Waals surface area (Å²) < 4.78 is 0. The van der Waals surface area contributed by atoms with Crippen molar-refractivity contribution < 1.29 is 0 Å². The van der Waals surface area contributed by atoms with Crippen LogP contribution in [-0.4, -0.2) is 11.0 Å². The summed E-state index contributed by atoms with van der Waals surface area (Å²) in [6, 6.07) is 0.335. The van der Waals surface area contributed by atoms with Crippen molar-refractivity contribution >= 4 is 11.3 Å². The summed E-state index contributed by atoms with van der Waals surface area (Å²) in [6.07, 6.45) is 3.20. The SMILES string of the molecule is CC(C)CC(N)CCc1cscn1. The molecule has 1 heterocycles. The van der Waals surface area contributed by atoms with Gasteiger partial charge in [-0.25, -0.2) is 4.98 Å². The number of nitrogens with zero attached hydrogens (tertiary/aromatic N) is 1. The molecule has 0 saturated heterocycles. The van der Waals surface area contributed by atoms with Gasteiger partial charge in [0, 0.05) is 11.4 Å². The Bertz CT molecular complexity index is 219. The molecular formula is C10H18N2S. The zero-order valence-corrected chi connectivity index (χ0v) is 9.18. The van der Waals surface area contributed by atoms with Gasteiger partial charge in [0.1, 0.15) is 0 Å². The van der Waals surface area contributed by atoms with Crippen LogP contribution in [0.3, 0.4) is 0 Å². The highest BCUT2D eigenvalue weighted by Crippen LogP contribution is 2.10. The van der Waals surface area contributed by atoms with Gasteiger partial charge >= 0.3 is 0 Å². The lowest BCUT2D eigenvalue weighted by Gasteiger charge is -2.12. The van der Waals surface area contributed by atoms with Gasteiger partial charge in [0.05, 0.1) is 11.2 Å². The first kappa shape index (κ1) is 10.7. The fourth-order valence-electron chi connectivity index (χ4n) is 1.42. The molecule has 0 saturated carbocycles. The normalized spacial score (nSPS) is 13.5. The molecule has 74 valence electrons. The first-order valence-corrected chi connectivity index (χ1v) is 5.75. The summed E-state index contributed by atoms with van der Waals surface area (Å²) in [7, 11) is 0. The predicted octanol–water partition coefficient (Wildman–Crippen LogP) is 2.45. The molecule has 0 aliphatic carbocycles. The van der Waals surface area contributed by atoms with E-state index in [1.54, 1.807) is 11.3 Å². The Labute approximate surface area is 84.2 Å². The van der Waals surface area contributed by atoms with E-state index in [4.69, 9.17) is 5.73 Å². The Balaban J connectivity index is 2.19. The lowest BCUT2D eigenvalue weighted by Crippen LogP contribution is -2.22. The second-order valence-electron chi connectivity index (χ2n) is 3.91. The van der Waals surface area contributed by atoms with E-state index < -0.39 is 0 Å². The molecule has 1 atom stereocenters. The number of nitrogens with two attached hydrogens (primary N) is 1. The van der Waals surface area contributed by atoms with E-state index in [0.717, 1.165) is 19.3 Å². The summed E-state index contributed by atoms with van der Waals surface area (Å²) in [5, 5.41) is 2.10. The molecular weight excluding hydrogens is 180 g/mol. The van der Waals surface area contributed by atoms with Gasteiger partial charge in [0.25, 0.3) is 0 Å². The Morgan fingerprint density at radius 2 is 2.31 bits per heavy atom. The molecule has 0 aliphatic rings. The van der Waals surface area contributed by atoms with Crippen molar-refractivity contribution in [3.63, 3.8) is 0 Å². The molecule has 0 radical (unpaired) electrons.